The Morgan fingerprint density at radius 2 is 1.84 bits per heavy atom. The van der Waals surface area contributed by atoms with Gasteiger partial charge < -0.3 is 4.74 Å². The molecule has 1 amide bonds. The SMILES string of the molecule is O=C1OCC2=C1C(c1ccccc1Cl)CC(=O)N2c1cccc(Cl)c1. The van der Waals surface area contributed by atoms with Gasteiger partial charge in [-0.25, -0.2) is 4.79 Å². The summed E-state index contributed by atoms with van der Waals surface area (Å²) < 4.78 is 5.24. The van der Waals surface area contributed by atoms with Crippen LogP contribution in [0.25, 0.3) is 0 Å². The number of benzene rings is 2. The van der Waals surface area contributed by atoms with E-state index in [1.54, 1.807) is 30.3 Å². The predicted molar refractivity (Wildman–Crippen MR) is 95.7 cm³/mol. The van der Waals surface area contributed by atoms with Crippen LogP contribution < -0.4 is 4.90 Å². The van der Waals surface area contributed by atoms with Crippen molar-refractivity contribution in [2.75, 3.05) is 11.5 Å². The zero-order valence-electron chi connectivity index (χ0n) is 13.0. The normalized spacial score (nSPS) is 19.9. The van der Waals surface area contributed by atoms with E-state index >= 15 is 0 Å². The van der Waals surface area contributed by atoms with E-state index in [-0.39, 0.29) is 18.9 Å². The lowest BCUT2D eigenvalue weighted by molar-refractivity contribution is -0.136. The number of nitrogens with zero attached hydrogens (tertiary/aromatic N) is 1. The van der Waals surface area contributed by atoms with E-state index in [1.165, 1.54) is 4.90 Å². The topological polar surface area (TPSA) is 46.6 Å². The molecule has 0 aliphatic carbocycles. The molecule has 25 heavy (non-hydrogen) atoms. The monoisotopic (exact) mass is 373 g/mol. The Labute approximate surface area is 154 Å². The van der Waals surface area contributed by atoms with Crippen LogP contribution >= 0.6 is 23.2 Å². The summed E-state index contributed by atoms with van der Waals surface area (Å²) in [5, 5.41) is 1.05. The third kappa shape index (κ3) is 2.71. The molecule has 2 aromatic rings. The molecule has 0 fully saturated rings. The molecule has 1 atom stereocenters. The van der Waals surface area contributed by atoms with Crippen molar-refractivity contribution in [1.29, 1.82) is 0 Å². The summed E-state index contributed by atoms with van der Waals surface area (Å²) >= 11 is 12.4. The van der Waals surface area contributed by atoms with Gasteiger partial charge in [0.25, 0.3) is 0 Å². The molecule has 0 saturated carbocycles. The fourth-order valence-corrected chi connectivity index (χ4v) is 3.84. The smallest absolute Gasteiger partial charge is 0.336 e. The highest BCUT2D eigenvalue weighted by Gasteiger charge is 2.43. The molecular formula is C19H13Cl2NO3. The molecule has 6 heteroatoms. The quantitative estimate of drug-likeness (QED) is 0.736. The van der Waals surface area contributed by atoms with Gasteiger partial charge in [-0.1, -0.05) is 47.5 Å². The minimum absolute atomic E-state index is 0.0629. The fraction of sp³-hybridized carbons (Fsp3) is 0.158. The lowest BCUT2D eigenvalue weighted by Gasteiger charge is -2.32. The molecule has 2 aliphatic heterocycles. The maximum absolute atomic E-state index is 12.9. The van der Waals surface area contributed by atoms with Crippen LogP contribution in [-0.2, 0) is 14.3 Å². The molecule has 0 saturated heterocycles. The summed E-state index contributed by atoms with van der Waals surface area (Å²) in [6.07, 6.45) is 0.143. The van der Waals surface area contributed by atoms with Gasteiger partial charge in [0, 0.05) is 22.4 Å². The zero-order valence-corrected chi connectivity index (χ0v) is 14.6. The molecule has 0 aromatic heterocycles. The number of carbonyl (C=O) groups is 2. The fourth-order valence-electron chi connectivity index (χ4n) is 3.39. The molecule has 0 spiro atoms. The van der Waals surface area contributed by atoms with E-state index < -0.39 is 11.9 Å². The second-order valence-electron chi connectivity index (χ2n) is 5.92. The maximum Gasteiger partial charge on any atom is 0.336 e. The van der Waals surface area contributed by atoms with Gasteiger partial charge in [-0.05, 0) is 29.8 Å². The number of esters is 1. The Hall–Kier alpha value is -2.30. The molecule has 2 aromatic carbocycles. The van der Waals surface area contributed by atoms with Gasteiger partial charge in [0.05, 0.1) is 17.0 Å². The Kier molecular flexibility index (Phi) is 4.02. The third-order valence-electron chi connectivity index (χ3n) is 4.46. The largest absolute Gasteiger partial charge is 0.456 e. The molecule has 2 heterocycles. The Bertz CT molecular complexity index is 922. The van der Waals surface area contributed by atoms with Crippen molar-refractivity contribution in [2.24, 2.45) is 0 Å². The minimum atomic E-state index is -0.403. The highest BCUT2D eigenvalue weighted by Crippen LogP contribution is 2.43. The van der Waals surface area contributed by atoms with E-state index in [9.17, 15) is 9.59 Å². The van der Waals surface area contributed by atoms with E-state index in [4.69, 9.17) is 27.9 Å². The number of ether oxygens (including phenoxy) is 1. The Morgan fingerprint density at radius 3 is 2.60 bits per heavy atom. The molecular weight excluding hydrogens is 361 g/mol. The zero-order chi connectivity index (χ0) is 17.6. The van der Waals surface area contributed by atoms with Crippen molar-refractivity contribution < 1.29 is 14.3 Å². The first-order valence-electron chi connectivity index (χ1n) is 7.79. The number of rotatable bonds is 2. The molecule has 4 nitrogen and oxygen atoms in total. The van der Waals surface area contributed by atoms with Crippen molar-refractivity contribution in [2.45, 2.75) is 12.3 Å². The predicted octanol–water partition coefficient (Wildman–Crippen LogP) is 4.32. The van der Waals surface area contributed by atoms with Crippen molar-refractivity contribution >= 4 is 40.8 Å². The first kappa shape index (κ1) is 16.2. The summed E-state index contributed by atoms with van der Waals surface area (Å²) in [6.45, 7) is 0.0629. The standard InChI is InChI=1S/C19H13Cl2NO3/c20-11-4-3-5-12(8-11)22-16-10-25-19(24)18(16)14(9-17(22)23)13-6-1-2-7-15(13)21/h1-8,14H,9-10H2. The van der Waals surface area contributed by atoms with E-state index in [1.807, 2.05) is 18.2 Å². The number of halogens is 2. The van der Waals surface area contributed by atoms with Crippen molar-refractivity contribution in [3.63, 3.8) is 0 Å². The molecule has 126 valence electrons. The van der Waals surface area contributed by atoms with Gasteiger partial charge in [0.1, 0.15) is 6.61 Å². The average molecular weight is 374 g/mol. The first-order valence-corrected chi connectivity index (χ1v) is 8.55. The van der Waals surface area contributed by atoms with Crippen LogP contribution in [0.3, 0.4) is 0 Å². The van der Waals surface area contributed by atoms with Gasteiger partial charge in [0.15, 0.2) is 0 Å². The number of carbonyl (C=O) groups excluding carboxylic acids is 2. The van der Waals surface area contributed by atoms with Gasteiger partial charge in [-0.3, -0.25) is 9.69 Å². The van der Waals surface area contributed by atoms with Crippen LogP contribution in [0.4, 0.5) is 5.69 Å². The number of hydrogen-bond donors (Lipinski definition) is 0. The maximum atomic E-state index is 12.9. The second-order valence-corrected chi connectivity index (χ2v) is 6.77. The second kappa shape index (κ2) is 6.21. The van der Waals surface area contributed by atoms with Crippen molar-refractivity contribution in [1.82, 2.24) is 0 Å². The van der Waals surface area contributed by atoms with Crippen LogP contribution in [-0.4, -0.2) is 18.5 Å². The summed E-state index contributed by atoms with van der Waals surface area (Å²) in [5.74, 6) is -0.926. The third-order valence-corrected chi connectivity index (χ3v) is 5.04. The van der Waals surface area contributed by atoms with Gasteiger partial charge in [0.2, 0.25) is 5.91 Å². The van der Waals surface area contributed by atoms with E-state index in [2.05, 4.69) is 0 Å². The van der Waals surface area contributed by atoms with Crippen LogP contribution in [0, 0.1) is 0 Å². The van der Waals surface area contributed by atoms with E-state index in [0.29, 0.717) is 27.0 Å². The van der Waals surface area contributed by atoms with Crippen LogP contribution in [0.1, 0.15) is 17.9 Å². The number of cyclic esters (lactones) is 1. The summed E-state index contributed by atoms with van der Waals surface area (Å²) in [7, 11) is 0. The van der Waals surface area contributed by atoms with Gasteiger partial charge in [-0.2, -0.15) is 0 Å². The molecule has 0 radical (unpaired) electrons. The summed E-state index contributed by atoms with van der Waals surface area (Å²) in [4.78, 5) is 26.8. The number of hydrogen-bond acceptors (Lipinski definition) is 3. The van der Waals surface area contributed by atoms with Crippen molar-refractivity contribution in [3.05, 3.63) is 75.4 Å². The Balaban J connectivity index is 1.86. The molecule has 4 rings (SSSR count). The van der Waals surface area contributed by atoms with E-state index in [0.717, 1.165) is 5.56 Å². The first-order chi connectivity index (χ1) is 12.1. The average Bonchev–Trinajstić information content (AvgIpc) is 2.96. The number of anilines is 1. The van der Waals surface area contributed by atoms with Crippen LogP contribution in [0.2, 0.25) is 10.0 Å². The van der Waals surface area contributed by atoms with Gasteiger partial charge >= 0.3 is 5.97 Å². The van der Waals surface area contributed by atoms with Crippen LogP contribution in [0.15, 0.2) is 59.8 Å². The molecule has 2 aliphatic rings. The summed E-state index contributed by atoms with van der Waals surface area (Å²) in [6, 6.07) is 14.2. The minimum Gasteiger partial charge on any atom is -0.456 e. The Morgan fingerprint density at radius 1 is 1.04 bits per heavy atom. The molecule has 0 bridgehead atoms. The van der Waals surface area contributed by atoms with Gasteiger partial charge in [-0.15, -0.1) is 0 Å². The van der Waals surface area contributed by atoms with Crippen LogP contribution in [0.5, 0.6) is 0 Å². The lowest BCUT2D eigenvalue weighted by Crippen LogP contribution is -2.37. The molecule has 0 N–H and O–H groups in total. The molecule has 1 unspecified atom stereocenters. The highest BCUT2D eigenvalue weighted by molar-refractivity contribution is 6.31. The lowest BCUT2D eigenvalue weighted by atomic mass is 9.84. The number of amides is 1. The summed E-state index contributed by atoms with van der Waals surface area (Å²) in [5.41, 5.74) is 2.44. The highest BCUT2D eigenvalue weighted by atomic mass is 35.5. The van der Waals surface area contributed by atoms with Crippen molar-refractivity contribution in [3.8, 4) is 0 Å².